The van der Waals surface area contributed by atoms with Crippen molar-refractivity contribution in [2.24, 2.45) is 11.8 Å². The molecule has 6 aliphatic rings. The summed E-state index contributed by atoms with van der Waals surface area (Å²) in [6.45, 7) is 32.6. The van der Waals surface area contributed by atoms with Gasteiger partial charge in [0.15, 0.2) is 0 Å². The number of aryl methyl sites for hydroxylation is 6. The monoisotopic (exact) mass is 1260 g/mol. The number of nitrogens with one attached hydrogen (secondary N) is 4. The molecule has 0 saturated carbocycles. The predicted molar refractivity (Wildman–Crippen MR) is 393 cm³/mol. The fourth-order valence-corrected chi connectivity index (χ4v) is 13.5. The van der Waals surface area contributed by atoms with Crippen LogP contribution in [0.25, 0.3) is 84.2 Å². The summed E-state index contributed by atoms with van der Waals surface area (Å²) in [6.07, 6.45) is 7.72. The second kappa shape index (κ2) is 27.7. The normalized spacial score (nSPS) is 19.0. The number of H-pyrrole nitrogens is 4. The van der Waals surface area contributed by atoms with Gasteiger partial charge in [-0.05, 0) is 192 Å². The maximum Gasteiger partial charge on any atom is 0.332 e. The molecule has 0 amide bonds. The number of carboxylic acid groups (broad SMARTS) is 2. The first-order valence-corrected chi connectivity index (χ1v) is 29.8. The summed E-state index contributed by atoms with van der Waals surface area (Å²) < 4.78 is 10.4. The van der Waals surface area contributed by atoms with Gasteiger partial charge >= 0.3 is 23.9 Å². The van der Waals surface area contributed by atoms with Gasteiger partial charge in [0.25, 0.3) is 0 Å². The van der Waals surface area contributed by atoms with Crippen molar-refractivity contribution in [3.05, 3.63) is 181 Å². The fraction of sp³-hybridized carbons (Fsp3) is 0.306. The molecule has 12 radical (unpaired) electrons. The summed E-state index contributed by atoms with van der Waals surface area (Å²) in [5.74, 6) is -5.93. The van der Waals surface area contributed by atoms with Crippen molar-refractivity contribution in [2.45, 2.75) is 121 Å². The molecule has 5 unspecified atom stereocenters. The van der Waals surface area contributed by atoms with Crippen molar-refractivity contribution < 1.29 is 41.7 Å². The van der Waals surface area contributed by atoms with Gasteiger partial charge in [-0.25, -0.2) is 42.8 Å². The molecule has 6 aromatic rings. The summed E-state index contributed by atoms with van der Waals surface area (Å²) in [4.78, 5) is 86.0. The van der Waals surface area contributed by atoms with Crippen LogP contribution in [0.2, 0.25) is 0 Å². The minimum atomic E-state index is -1.25. The Morgan fingerprint density at radius 3 is 1.32 bits per heavy atom. The van der Waals surface area contributed by atoms with E-state index < -0.39 is 52.9 Å². The molecule has 478 valence electrons. The molecule has 6 N–H and O–H groups in total. The number of fused-ring (bicyclic) bond motifs is 22. The van der Waals surface area contributed by atoms with Gasteiger partial charge in [-0.1, -0.05) is 65.3 Å². The van der Waals surface area contributed by atoms with Crippen LogP contribution in [-0.4, -0.2) is 135 Å². The van der Waals surface area contributed by atoms with Crippen LogP contribution >= 0.6 is 0 Å². The van der Waals surface area contributed by atoms with Crippen LogP contribution in [0.3, 0.4) is 0 Å². The zero-order chi connectivity index (χ0) is 65.5. The highest BCUT2D eigenvalue weighted by atomic mass is 16.5. The van der Waals surface area contributed by atoms with E-state index >= 15 is 0 Å². The van der Waals surface area contributed by atoms with Crippen molar-refractivity contribution in [3.8, 4) is 0 Å². The van der Waals surface area contributed by atoms with Crippen LogP contribution < -0.4 is 0 Å². The van der Waals surface area contributed by atoms with Crippen molar-refractivity contribution in [3.63, 3.8) is 0 Å². The minimum absolute atomic E-state index is 0. The number of carbonyl (C=O) groups excluding carboxylic acids is 2. The Morgan fingerprint density at radius 2 is 0.894 bits per heavy atom. The molecule has 10 heterocycles. The summed E-state index contributed by atoms with van der Waals surface area (Å²) in [6, 6.07) is 16.1. The Kier molecular flexibility index (Phi) is 21.7. The second-order valence-electron chi connectivity index (χ2n) is 24.4. The Labute approximate surface area is 561 Å². The molecule has 94 heavy (non-hydrogen) atoms. The van der Waals surface area contributed by atoms with Crippen molar-refractivity contribution in [2.75, 3.05) is 14.2 Å². The van der Waals surface area contributed by atoms with E-state index in [4.69, 9.17) is 52.6 Å². The van der Waals surface area contributed by atoms with Gasteiger partial charge in [-0.3, -0.25) is 19.6 Å². The fourth-order valence-electron chi connectivity index (χ4n) is 13.5. The van der Waals surface area contributed by atoms with Crippen molar-refractivity contribution in [1.29, 1.82) is 0 Å². The van der Waals surface area contributed by atoms with Crippen molar-refractivity contribution >= 4 is 154 Å². The Bertz CT molecular complexity index is 4720. The quantitative estimate of drug-likeness (QED) is 0.0674. The third-order valence-corrected chi connectivity index (χ3v) is 19.5. The van der Waals surface area contributed by atoms with Crippen molar-refractivity contribution in [1.82, 2.24) is 39.9 Å². The lowest BCUT2D eigenvalue weighted by molar-refractivity contribution is -0.149. The van der Waals surface area contributed by atoms with Gasteiger partial charge in [0.2, 0.25) is 0 Å². The summed E-state index contributed by atoms with van der Waals surface area (Å²) in [5.41, 5.74) is 24.4. The average Bonchev–Trinajstić information content (AvgIpc) is 1.51. The Morgan fingerprint density at radius 1 is 0.532 bits per heavy atom. The molecule has 16 nitrogen and oxygen atoms in total. The number of ether oxygens (including phenoxy) is 2. The molecule has 12 rings (SSSR count). The van der Waals surface area contributed by atoms with Gasteiger partial charge < -0.3 is 39.6 Å². The first-order valence-electron chi connectivity index (χ1n) is 29.8. The van der Waals surface area contributed by atoms with Gasteiger partial charge in [-0.2, -0.15) is 0 Å². The largest absolute Gasteiger partial charge is 0.478 e. The molecular formula is C72H83B6N8O8-. The van der Waals surface area contributed by atoms with E-state index in [9.17, 15) is 29.4 Å². The predicted octanol–water partition coefficient (Wildman–Crippen LogP) is 13.3. The molecular weight excluding hydrogens is 1170 g/mol. The highest BCUT2D eigenvalue weighted by Crippen LogP contribution is 2.56. The smallest absolute Gasteiger partial charge is 0.332 e. The number of aromatic amines is 4. The molecule has 2 aliphatic carbocycles. The molecule has 0 saturated heterocycles. The van der Waals surface area contributed by atoms with E-state index in [0.29, 0.717) is 23.5 Å². The summed E-state index contributed by atoms with van der Waals surface area (Å²) in [5, 5.41) is 20.3. The Hall–Kier alpha value is -9.31. The zero-order valence-corrected chi connectivity index (χ0v) is 54.6. The third kappa shape index (κ3) is 12.2. The number of allylic oxidation sites excluding steroid dienone is 8. The topological polar surface area (TPSA) is 242 Å². The maximum absolute atomic E-state index is 13.4. The van der Waals surface area contributed by atoms with Crippen LogP contribution in [-0.2, 0) is 39.5 Å². The highest BCUT2D eigenvalue weighted by Gasteiger charge is 2.57. The van der Waals surface area contributed by atoms with Gasteiger partial charge in [-0.15, -0.1) is 6.39 Å². The molecule has 22 heteroatoms. The van der Waals surface area contributed by atoms with Crippen LogP contribution in [0, 0.1) is 53.4 Å². The molecule has 0 spiro atoms. The lowest BCUT2D eigenvalue weighted by Crippen LogP contribution is -2.45. The SMILES string of the molecule is C.C.C=Cc1c(C)c2cc3nc(cc4[nH]c(cc5nc(cc1[nH]2)C(C)=C5C)c(C)c4C)C1(C)C(C(=O)OC)C(C(=O)O)=CCC31.C=Cc1c(C)c2cc3nc(cc4[nH]c(cc5nc(cc1[nH]2)C1(C)C5=CC=C(C(=O)O)C1C(=O)OC)c(C)c4C)C(C)=C3C.[2HH].[2HH].[B].[B].[B][BH-]([B])[B]. The van der Waals surface area contributed by atoms with E-state index in [1.807, 2.05) is 71.0 Å². The number of aromatic nitrogens is 8. The molecule has 5 atom stereocenters. The van der Waals surface area contributed by atoms with Crippen LogP contribution in [0.4, 0.5) is 0 Å². The molecule has 4 aliphatic heterocycles. The molecule has 0 aromatic carbocycles. The van der Waals surface area contributed by atoms with Crippen LogP contribution in [0.5, 0.6) is 0 Å². The lowest BCUT2D eigenvalue weighted by atomic mass is 9.08. The first kappa shape index (κ1) is 73.7. The minimum Gasteiger partial charge on any atom is -0.478 e. The summed E-state index contributed by atoms with van der Waals surface area (Å²) in [7, 11) is 16.8. The molecule has 16 bridgehead atoms. The molecule has 6 aromatic heterocycles. The molecule has 0 fully saturated rings. The number of nitrogens with zero attached hydrogens (tertiary/aromatic N) is 4. The number of hydrogen-bond donors (Lipinski definition) is 6. The third-order valence-electron chi connectivity index (χ3n) is 19.5. The number of hydrogen-bond acceptors (Lipinski definition) is 10. The van der Waals surface area contributed by atoms with E-state index in [1.165, 1.54) is 20.3 Å². The van der Waals surface area contributed by atoms with E-state index in [-0.39, 0.29) is 51.6 Å². The summed E-state index contributed by atoms with van der Waals surface area (Å²) >= 11 is 0. The lowest BCUT2D eigenvalue weighted by Gasteiger charge is -2.40. The second-order valence-corrected chi connectivity index (χ2v) is 24.4. The number of carbonyl (C=O) groups is 4. The zero-order valence-electron chi connectivity index (χ0n) is 54.6. The van der Waals surface area contributed by atoms with E-state index in [2.05, 4.69) is 99.8 Å². The van der Waals surface area contributed by atoms with E-state index in [1.54, 1.807) is 18.2 Å². The van der Waals surface area contributed by atoms with Gasteiger partial charge in [0, 0.05) is 97.5 Å². The first-order chi connectivity index (χ1) is 42.5. The van der Waals surface area contributed by atoms with Crippen LogP contribution in [0.15, 0.2) is 91.1 Å². The number of rotatable bonds is 6. The number of esters is 2. The highest BCUT2D eigenvalue weighted by molar-refractivity contribution is 7.49. The maximum atomic E-state index is 13.4. The van der Waals surface area contributed by atoms with Gasteiger partial charge in [0.1, 0.15) is 11.8 Å². The van der Waals surface area contributed by atoms with E-state index in [0.717, 1.165) is 145 Å². The number of aliphatic carboxylic acids is 2. The number of methoxy groups -OCH3 is 2. The Balaban J connectivity index is 0.000000365. The van der Waals surface area contributed by atoms with Gasteiger partial charge in [0.05, 0.1) is 65.1 Å². The number of carboxylic acids is 2. The standard InChI is InChI=1S/C35H36N4O4.C35H34N4O4.2CH4.B4H.2B.2H2/c1-9-21-20(6)27-14-30-23-11-10-22(33(40)41)32(34(42)43-8)35(23,7)31(39-30)15-28-19(5)18(4)25(37-28)12-24-16(2)17(3)26(36-24)13-29(21)38-27;1-9-21-20(6)28-13-26-17(3)16(2)24(36-26)12-25-18(4)19(5)27(37-25)14-30-23-11-10-22(33(40)41)32(34(42)43-8)35(23,7)31(39-30)15-29(21)38-28;;;1-4(2)3;;;;/h9-10,12-15,23,32,37-38H,1,11H2,2-8H3,(H,40,41);9-15,32,37-38H,1H2,2-8H3,(H,40,41);2*1H4;4H;;;2*1H/q;;;;-1;;;;/i;;;;;;;2*1+1. The average molecular weight is 1260 g/mol. The van der Waals surface area contributed by atoms with Crippen LogP contribution in [0.1, 0.15) is 162 Å².